The minimum absolute atomic E-state index is 0.0682. The minimum Gasteiger partial charge on any atom is -0.459 e. The molecule has 2 bridgehead atoms. The molecule has 2 aromatic rings. The summed E-state index contributed by atoms with van der Waals surface area (Å²) in [5.74, 6) is -0.314. The molecule has 0 saturated carbocycles. The van der Waals surface area contributed by atoms with E-state index in [-0.39, 0.29) is 12.1 Å². The molecule has 3 aliphatic heterocycles. The smallest absolute Gasteiger partial charge is 0.348 e. The predicted octanol–water partition coefficient (Wildman–Crippen LogP) is 7.16. The van der Waals surface area contributed by atoms with Crippen LogP contribution in [0.15, 0.2) is 60.7 Å². The number of hydrogen-bond acceptors (Lipinski definition) is 4. The minimum atomic E-state index is -1.97. The van der Waals surface area contributed by atoms with Crippen LogP contribution in [0.1, 0.15) is 77.3 Å². The van der Waals surface area contributed by atoms with Crippen LogP contribution < -0.4 is 0 Å². The molecule has 212 valence electrons. The summed E-state index contributed by atoms with van der Waals surface area (Å²) in [5.41, 5.74) is 0.179. The first kappa shape index (κ1) is 28.5. The number of nitrogens with zero attached hydrogens (tertiary/aromatic N) is 1. The molecule has 3 saturated heterocycles. The monoisotopic (exact) mass is 550 g/mol. The maximum absolute atomic E-state index is 14.6. The molecule has 3 heterocycles. The second kappa shape index (κ2) is 11.9. The fraction of sp³-hybridized carbons (Fsp3) is 0.606. The normalized spacial score (nSPS) is 25.1. The summed E-state index contributed by atoms with van der Waals surface area (Å²) in [6, 6.07) is 24.1. The maximum Gasteiger partial charge on any atom is 0.348 e. The number of quaternary nitrogens is 1. The van der Waals surface area contributed by atoms with Crippen LogP contribution in [0.25, 0.3) is 0 Å². The molecule has 0 amide bonds. The Morgan fingerprint density at radius 2 is 1.36 bits per heavy atom. The zero-order chi connectivity index (χ0) is 27.5. The highest BCUT2D eigenvalue weighted by atomic mass is 28.4. The van der Waals surface area contributed by atoms with E-state index < -0.39 is 20.2 Å². The molecule has 6 heteroatoms. The standard InChI is InChI=1S/C33H48NO4Si/c1-5-39(6-2,7-3)38-26(4)37-33(27-16-10-8-11-17-27,28-18-12-9-13-19-28)32(35)36-31-24-29-20-21-30(25-31)34(29)22-14-15-23-34/h8-13,16-19,26,29-31H,5-7,14-15,20-25H2,1-4H3/q+1. The molecule has 0 radical (unpaired) electrons. The molecule has 3 aliphatic rings. The van der Waals surface area contributed by atoms with Gasteiger partial charge in [0.15, 0.2) is 8.32 Å². The van der Waals surface area contributed by atoms with Crippen molar-refractivity contribution in [2.45, 2.75) is 114 Å². The van der Waals surface area contributed by atoms with Crippen molar-refractivity contribution in [2.75, 3.05) is 13.1 Å². The molecule has 5 rings (SSSR count). The molecule has 3 unspecified atom stereocenters. The summed E-state index contributed by atoms with van der Waals surface area (Å²) in [6.45, 7) is 11.2. The summed E-state index contributed by atoms with van der Waals surface area (Å²) in [5, 5.41) is 0. The van der Waals surface area contributed by atoms with Crippen LogP contribution in [-0.2, 0) is 24.3 Å². The summed E-state index contributed by atoms with van der Waals surface area (Å²) in [4.78, 5) is 14.6. The zero-order valence-corrected chi connectivity index (χ0v) is 25.4. The number of hydrogen-bond donors (Lipinski definition) is 0. The highest BCUT2D eigenvalue weighted by Gasteiger charge is 2.57. The lowest BCUT2D eigenvalue weighted by atomic mass is 9.85. The van der Waals surface area contributed by atoms with Crippen molar-refractivity contribution in [1.29, 1.82) is 0 Å². The third kappa shape index (κ3) is 5.26. The highest BCUT2D eigenvalue weighted by Crippen LogP contribution is 2.47. The average Bonchev–Trinajstić information content (AvgIpc) is 3.52. The van der Waals surface area contributed by atoms with Gasteiger partial charge in [-0.15, -0.1) is 0 Å². The van der Waals surface area contributed by atoms with Gasteiger partial charge in [0.1, 0.15) is 12.4 Å². The summed E-state index contributed by atoms with van der Waals surface area (Å²) in [7, 11) is -1.97. The molecule has 3 fully saturated rings. The lowest BCUT2D eigenvalue weighted by Crippen LogP contribution is -2.60. The van der Waals surface area contributed by atoms with Gasteiger partial charge in [0.25, 0.3) is 0 Å². The van der Waals surface area contributed by atoms with Gasteiger partial charge in [0, 0.05) is 38.5 Å². The molecule has 0 aromatic heterocycles. The van der Waals surface area contributed by atoms with Crippen molar-refractivity contribution in [3.05, 3.63) is 71.8 Å². The Morgan fingerprint density at radius 3 is 1.82 bits per heavy atom. The molecule has 3 atom stereocenters. The Labute approximate surface area is 236 Å². The molecule has 1 spiro atoms. The SMILES string of the molecule is CC[Si](CC)(CC)OC(C)OC(C(=O)OC1CC2CCC(C1)[N+]21CCCC1)(c1ccccc1)c1ccccc1. The first-order chi connectivity index (χ1) is 18.9. The number of esters is 1. The number of rotatable bonds is 11. The quantitative estimate of drug-likeness (QED) is 0.129. The molecular weight excluding hydrogens is 502 g/mol. The van der Waals surface area contributed by atoms with Gasteiger partial charge in [-0.3, -0.25) is 0 Å². The number of benzene rings is 2. The summed E-state index contributed by atoms with van der Waals surface area (Å²) in [6.07, 6.45) is 6.52. The fourth-order valence-corrected chi connectivity index (χ4v) is 10.9. The van der Waals surface area contributed by atoms with Gasteiger partial charge >= 0.3 is 5.97 Å². The van der Waals surface area contributed by atoms with E-state index in [2.05, 4.69) is 20.8 Å². The van der Waals surface area contributed by atoms with Crippen LogP contribution >= 0.6 is 0 Å². The van der Waals surface area contributed by atoms with E-state index in [1.165, 1.54) is 43.3 Å². The Morgan fingerprint density at radius 1 is 0.872 bits per heavy atom. The first-order valence-electron chi connectivity index (χ1n) is 15.5. The van der Waals surface area contributed by atoms with E-state index in [1.54, 1.807) is 0 Å². The zero-order valence-electron chi connectivity index (χ0n) is 24.4. The van der Waals surface area contributed by atoms with Gasteiger partial charge in [0.2, 0.25) is 5.60 Å². The van der Waals surface area contributed by atoms with Gasteiger partial charge < -0.3 is 18.4 Å². The Hall–Kier alpha value is -1.99. The fourth-order valence-electron chi connectivity index (χ4n) is 8.10. The highest BCUT2D eigenvalue weighted by molar-refractivity contribution is 6.73. The average molecular weight is 551 g/mol. The molecule has 5 nitrogen and oxygen atoms in total. The van der Waals surface area contributed by atoms with Crippen molar-refractivity contribution in [3.8, 4) is 0 Å². The van der Waals surface area contributed by atoms with Crippen molar-refractivity contribution >= 4 is 14.3 Å². The van der Waals surface area contributed by atoms with Crippen LogP contribution in [0.4, 0.5) is 0 Å². The van der Waals surface area contributed by atoms with Crippen molar-refractivity contribution in [1.82, 2.24) is 0 Å². The molecule has 0 aliphatic carbocycles. The van der Waals surface area contributed by atoms with Crippen LogP contribution in [0.3, 0.4) is 0 Å². The Bertz CT molecular complexity index is 1020. The number of ether oxygens (including phenoxy) is 2. The number of piperidine rings is 1. The van der Waals surface area contributed by atoms with Gasteiger partial charge in [-0.2, -0.15) is 0 Å². The van der Waals surface area contributed by atoms with E-state index in [0.29, 0.717) is 12.1 Å². The van der Waals surface area contributed by atoms with E-state index in [1.807, 2.05) is 67.6 Å². The molecule has 2 aromatic carbocycles. The molecule has 39 heavy (non-hydrogen) atoms. The first-order valence-corrected chi connectivity index (χ1v) is 18.0. The van der Waals surface area contributed by atoms with E-state index in [0.717, 1.165) is 42.1 Å². The Kier molecular flexibility index (Phi) is 8.67. The Balaban J connectivity index is 1.48. The summed E-state index contributed by atoms with van der Waals surface area (Å²) >= 11 is 0. The third-order valence-corrected chi connectivity index (χ3v) is 15.1. The molecule has 0 N–H and O–H groups in total. The van der Waals surface area contributed by atoms with Gasteiger partial charge in [-0.1, -0.05) is 81.4 Å². The van der Waals surface area contributed by atoms with E-state index in [9.17, 15) is 4.79 Å². The molecular formula is C33H48NO4Si+. The second-order valence-corrected chi connectivity index (χ2v) is 16.8. The summed E-state index contributed by atoms with van der Waals surface area (Å²) < 4.78 is 21.4. The van der Waals surface area contributed by atoms with Gasteiger partial charge in [0.05, 0.1) is 25.2 Å². The van der Waals surface area contributed by atoms with Crippen LogP contribution in [0.2, 0.25) is 18.1 Å². The van der Waals surface area contributed by atoms with E-state index >= 15 is 0 Å². The van der Waals surface area contributed by atoms with Crippen LogP contribution in [0, 0.1) is 0 Å². The maximum atomic E-state index is 14.6. The predicted molar refractivity (Wildman–Crippen MR) is 158 cm³/mol. The topological polar surface area (TPSA) is 44.8 Å². The second-order valence-electron chi connectivity index (χ2n) is 12.1. The lowest BCUT2D eigenvalue weighted by Gasteiger charge is -2.47. The van der Waals surface area contributed by atoms with Crippen LogP contribution in [-0.4, -0.2) is 56.3 Å². The van der Waals surface area contributed by atoms with E-state index in [4.69, 9.17) is 13.9 Å². The third-order valence-electron chi connectivity index (χ3n) is 10.4. The lowest BCUT2D eigenvalue weighted by molar-refractivity contribution is -0.956. The van der Waals surface area contributed by atoms with Crippen molar-refractivity contribution < 1.29 is 23.2 Å². The van der Waals surface area contributed by atoms with Crippen molar-refractivity contribution in [3.63, 3.8) is 0 Å². The van der Waals surface area contributed by atoms with Gasteiger partial charge in [-0.05, 0) is 36.2 Å². The van der Waals surface area contributed by atoms with Crippen molar-refractivity contribution in [2.24, 2.45) is 0 Å². The number of carbonyl (C=O) groups excluding carboxylic acids is 1. The van der Waals surface area contributed by atoms with Crippen LogP contribution in [0.5, 0.6) is 0 Å². The number of carbonyl (C=O) groups is 1. The largest absolute Gasteiger partial charge is 0.459 e. The van der Waals surface area contributed by atoms with Gasteiger partial charge in [-0.25, -0.2) is 4.79 Å².